The van der Waals surface area contributed by atoms with Gasteiger partial charge < -0.3 is 4.52 Å². The molecule has 1 aromatic rings. The van der Waals surface area contributed by atoms with Crippen LogP contribution in [0, 0.1) is 0 Å². The first kappa shape index (κ1) is 14.9. The van der Waals surface area contributed by atoms with Gasteiger partial charge in [0.1, 0.15) is 0 Å². The first-order chi connectivity index (χ1) is 9.96. The lowest BCUT2D eigenvalue weighted by Gasteiger charge is -2.34. The second-order valence-corrected chi connectivity index (χ2v) is 7.93. The molecule has 1 aliphatic carbocycles. The average Bonchev–Trinajstić information content (AvgIpc) is 3.20. The van der Waals surface area contributed by atoms with Crippen LogP contribution in [0.5, 0.6) is 0 Å². The second-order valence-electron chi connectivity index (χ2n) is 5.79. The Labute approximate surface area is 124 Å². The minimum Gasteiger partial charge on any atom is -0.339 e. The van der Waals surface area contributed by atoms with Crippen molar-refractivity contribution in [2.75, 3.05) is 40.3 Å². The summed E-state index contributed by atoms with van der Waals surface area (Å²) in [5, 5.41) is 4.00. The van der Waals surface area contributed by atoms with E-state index in [-0.39, 0.29) is 0 Å². The zero-order chi connectivity index (χ0) is 15.0. The Kier molecular flexibility index (Phi) is 4.00. The summed E-state index contributed by atoms with van der Waals surface area (Å²) >= 11 is 0. The molecule has 1 aliphatic heterocycles. The second kappa shape index (κ2) is 5.64. The smallest absolute Gasteiger partial charge is 0.281 e. The third-order valence-corrected chi connectivity index (χ3v) is 5.84. The van der Waals surface area contributed by atoms with Crippen LogP contribution >= 0.6 is 0 Å². The predicted molar refractivity (Wildman–Crippen MR) is 75.7 cm³/mol. The Morgan fingerprint density at radius 1 is 1.24 bits per heavy atom. The van der Waals surface area contributed by atoms with E-state index < -0.39 is 10.2 Å². The molecule has 2 fully saturated rings. The van der Waals surface area contributed by atoms with Crippen molar-refractivity contribution in [3.8, 4) is 0 Å². The fourth-order valence-electron chi connectivity index (χ4n) is 2.38. The molecule has 0 atom stereocenters. The van der Waals surface area contributed by atoms with Gasteiger partial charge in [0.2, 0.25) is 5.89 Å². The molecule has 0 aromatic carbocycles. The zero-order valence-corrected chi connectivity index (χ0v) is 13.2. The van der Waals surface area contributed by atoms with Crippen LogP contribution in [0.1, 0.15) is 30.5 Å². The summed E-state index contributed by atoms with van der Waals surface area (Å²) in [6.45, 7) is 2.97. The molecule has 1 aromatic heterocycles. The summed E-state index contributed by atoms with van der Waals surface area (Å²) in [5.41, 5.74) is 0. The van der Waals surface area contributed by atoms with Crippen molar-refractivity contribution in [1.29, 1.82) is 0 Å². The van der Waals surface area contributed by atoms with Crippen LogP contribution in [-0.4, -0.2) is 72.3 Å². The normalized spacial score (nSPS) is 22.0. The summed E-state index contributed by atoms with van der Waals surface area (Å²) in [7, 11) is -0.193. The molecular formula is C12H21N5O3S. The minimum absolute atomic E-state index is 0.466. The zero-order valence-electron chi connectivity index (χ0n) is 12.4. The molecule has 118 valence electrons. The molecule has 1 saturated carbocycles. The predicted octanol–water partition coefficient (Wildman–Crippen LogP) is -0.129. The lowest BCUT2D eigenvalue weighted by Crippen LogP contribution is -2.51. The van der Waals surface area contributed by atoms with Crippen molar-refractivity contribution < 1.29 is 12.9 Å². The molecule has 1 saturated heterocycles. The van der Waals surface area contributed by atoms with Crippen LogP contribution in [0.25, 0.3) is 0 Å². The van der Waals surface area contributed by atoms with Gasteiger partial charge in [-0.3, -0.25) is 4.90 Å². The number of hydrogen-bond acceptors (Lipinski definition) is 6. The first-order valence-electron chi connectivity index (χ1n) is 7.19. The molecule has 3 rings (SSSR count). The highest BCUT2D eigenvalue weighted by Crippen LogP contribution is 2.38. The van der Waals surface area contributed by atoms with E-state index in [4.69, 9.17) is 4.52 Å². The van der Waals surface area contributed by atoms with Crippen LogP contribution in [0.15, 0.2) is 4.52 Å². The molecule has 9 heteroatoms. The Hall–Kier alpha value is -1.03. The third kappa shape index (κ3) is 3.25. The number of nitrogens with zero attached hydrogens (tertiary/aromatic N) is 5. The van der Waals surface area contributed by atoms with Gasteiger partial charge in [0.25, 0.3) is 10.2 Å². The van der Waals surface area contributed by atoms with Gasteiger partial charge in [0.15, 0.2) is 5.82 Å². The maximum absolute atomic E-state index is 12.0. The van der Waals surface area contributed by atoms with Gasteiger partial charge in [-0.1, -0.05) is 5.16 Å². The van der Waals surface area contributed by atoms with E-state index in [0.717, 1.165) is 18.7 Å². The minimum atomic E-state index is -3.30. The van der Waals surface area contributed by atoms with Crippen molar-refractivity contribution >= 4 is 10.2 Å². The molecule has 0 amide bonds. The summed E-state index contributed by atoms with van der Waals surface area (Å²) in [5.74, 6) is 1.91. The lowest BCUT2D eigenvalue weighted by atomic mass is 10.3. The molecule has 0 N–H and O–H groups in total. The van der Waals surface area contributed by atoms with Gasteiger partial charge in [-0.05, 0) is 12.8 Å². The SMILES string of the molecule is CN(C)S(=O)(=O)N1CCN(Cc2noc(C3CC3)n2)CC1. The van der Waals surface area contributed by atoms with Crippen LogP contribution in [-0.2, 0) is 16.8 Å². The quantitative estimate of drug-likeness (QED) is 0.753. The summed E-state index contributed by atoms with van der Waals surface area (Å²) in [4.78, 5) is 6.56. The Morgan fingerprint density at radius 2 is 1.90 bits per heavy atom. The van der Waals surface area contributed by atoms with Gasteiger partial charge in [-0.25, -0.2) is 0 Å². The molecule has 0 unspecified atom stereocenters. The summed E-state index contributed by atoms with van der Waals surface area (Å²) < 4.78 is 32.1. The topological polar surface area (TPSA) is 82.8 Å². The third-order valence-electron chi connectivity index (χ3n) is 3.89. The van der Waals surface area contributed by atoms with E-state index in [2.05, 4.69) is 15.0 Å². The fourth-order valence-corrected chi connectivity index (χ4v) is 3.46. The standard InChI is InChI=1S/C12H21N5O3S/c1-15(2)21(18,19)17-7-5-16(6-8-17)9-11-13-12(20-14-11)10-3-4-10/h10H,3-9H2,1-2H3. The number of piperazine rings is 1. The fraction of sp³-hybridized carbons (Fsp3) is 0.833. The van der Waals surface area contributed by atoms with Crippen molar-refractivity contribution in [1.82, 2.24) is 23.7 Å². The molecule has 0 spiro atoms. The number of aromatic nitrogens is 2. The Bertz CT molecular complexity index is 588. The largest absolute Gasteiger partial charge is 0.339 e. The molecule has 0 radical (unpaired) electrons. The van der Waals surface area contributed by atoms with E-state index >= 15 is 0 Å². The molecular weight excluding hydrogens is 294 g/mol. The van der Waals surface area contributed by atoms with Crippen molar-refractivity contribution in [3.63, 3.8) is 0 Å². The van der Waals surface area contributed by atoms with Crippen molar-refractivity contribution in [3.05, 3.63) is 11.7 Å². The maximum Gasteiger partial charge on any atom is 0.281 e. The monoisotopic (exact) mass is 315 g/mol. The van der Waals surface area contributed by atoms with Crippen LogP contribution in [0.4, 0.5) is 0 Å². The molecule has 8 nitrogen and oxygen atoms in total. The van der Waals surface area contributed by atoms with Crippen LogP contribution in [0.3, 0.4) is 0 Å². The van der Waals surface area contributed by atoms with E-state index in [9.17, 15) is 8.42 Å². The van der Waals surface area contributed by atoms with E-state index in [1.54, 1.807) is 14.1 Å². The van der Waals surface area contributed by atoms with Gasteiger partial charge in [-0.15, -0.1) is 0 Å². The molecule has 2 heterocycles. The molecule has 0 bridgehead atoms. The summed E-state index contributed by atoms with van der Waals surface area (Å²) in [6.07, 6.45) is 2.28. The van der Waals surface area contributed by atoms with E-state index in [0.29, 0.717) is 44.5 Å². The highest BCUT2D eigenvalue weighted by atomic mass is 32.2. The average molecular weight is 315 g/mol. The van der Waals surface area contributed by atoms with Crippen molar-refractivity contribution in [2.24, 2.45) is 0 Å². The Balaban J connectivity index is 1.53. The number of hydrogen-bond donors (Lipinski definition) is 0. The number of rotatable bonds is 5. The Morgan fingerprint density at radius 3 is 2.48 bits per heavy atom. The lowest BCUT2D eigenvalue weighted by molar-refractivity contribution is 0.172. The van der Waals surface area contributed by atoms with Crippen LogP contribution in [0.2, 0.25) is 0 Å². The van der Waals surface area contributed by atoms with Crippen molar-refractivity contribution in [2.45, 2.75) is 25.3 Å². The highest BCUT2D eigenvalue weighted by molar-refractivity contribution is 7.86. The molecule has 21 heavy (non-hydrogen) atoms. The van der Waals surface area contributed by atoms with Gasteiger partial charge in [0, 0.05) is 46.2 Å². The first-order valence-corrected chi connectivity index (χ1v) is 8.59. The van der Waals surface area contributed by atoms with Gasteiger partial charge >= 0.3 is 0 Å². The van der Waals surface area contributed by atoms with E-state index in [1.165, 1.54) is 8.61 Å². The summed E-state index contributed by atoms with van der Waals surface area (Å²) in [6, 6.07) is 0. The highest BCUT2D eigenvalue weighted by Gasteiger charge is 2.31. The van der Waals surface area contributed by atoms with Crippen LogP contribution < -0.4 is 0 Å². The van der Waals surface area contributed by atoms with Gasteiger partial charge in [-0.2, -0.15) is 22.0 Å². The van der Waals surface area contributed by atoms with Gasteiger partial charge in [0.05, 0.1) is 6.54 Å². The molecule has 2 aliphatic rings. The maximum atomic E-state index is 12.0. The van der Waals surface area contributed by atoms with E-state index in [1.807, 2.05) is 0 Å².